The second-order valence-electron chi connectivity index (χ2n) is 9.17. The lowest BCUT2D eigenvalue weighted by Gasteiger charge is -2.23. The fraction of sp³-hybridized carbons (Fsp3) is 0.900. The third kappa shape index (κ3) is 17.1. The van der Waals surface area contributed by atoms with Gasteiger partial charge in [-0.15, -0.1) is 0 Å². The first-order valence-electron chi connectivity index (χ1n) is 9.65. The fourth-order valence-electron chi connectivity index (χ4n) is 2.71. The van der Waals surface area contributed by atoms with E-state index in [0.717, 1.165) is 44.7 Å². The Morgan fingerprint density at radius 2 is 0.792 bits per heavy atom. The lowest BCUT2D eigenvalue weighted by atomic mass is 10.1. The second kappa shape index (κ2) is 12.6. The predicted octanol–water partition coefficient (Wildman–Crippen LogP) is 5.99. The molecule has 0 aliphatic rings. The molecule has 0 bridgehead atoms. The Kier molecular flexibility index (Phi) is 12.7. The summed E-state index contributed by atoms with van der Waals surface area (Å²) in [6.45, 7) is 2.50. The van der Waals surface area contributed by atoms with Gasteiger partial charge in [0.25, 0.3) is 0 Å². The number of rotatable bonds is 14. The molecule has 0 N–H and O–H groups in total. The van der Waals surface area contributed by atoms with Crippen LogP contribution in [0.1, 0.15) is 64.2 Å². The van der Waals surface area contributed by atoms with E-state index in [1.807, 2.05) is 0 Å². The minimum absolute atomic E-state index is 0.898. The molecule has 0 aromatic carbocycles. The van der Waals surface area contributed by atoms with E-state index in [1.165, 1.54) is 51.6 Å². The molecule has 0 saturated carbocycles. The van der Waals surface area contributed by atoms with Gasteiger partial charge in [0.15, 0.2) is 0 Å². The normalized spacial score (nSPS) is 14.0. The topological polar surface area (TPSA) is 0 Å². The lowest BCUT2D eigenvalue weighted by molar-refractivity contribution is -0.870. The Morgan fingerprint density at radius 3 is 1.08 bits per heavy atom. The van der Waals surface area contributed by atoms with Crippen LogP contribution in [0.5, 0.6) is 0 Å². The zero-order chi connectivity index (χ0) is 18.6. The van der Waals surface area contributed by atoms with Crippen molar-refractivity contribution in [1.82, 2.24) is 0 Å². The van der Waals surface area contributed by atoms with Crippen LogP contribution in [0.4, 0.5) is 0 Å². The van der Waals surface area contributed by atoms with Gasteiger partial charge < -0.3 is 8.97 Å². The molecule has 0 atom stereocenters. The van der Waals surface area contributed by atoms with Crippen molar-refractivity contribution in [3.63, 3.8) is 0 Å². The highest BCUT2D eigenvalue weighted by atomic mass is 35.5. The predicted molar refractivity (Wildman–Crippen MR) is 111 cm³/mol. The third-order valence-corrected chi connectivity index (χ3v) is 5.18. The molecule has 0 aliphatic carbocycles. The molecule has 0 unspecified atom stereocenters. The van der Waals surface area contributed by atoms with Crippen molar-refractivity contribution < 1.29 is 8.97 Å². The summed E-state index contributed by atoms with van der Waals surface area (Å²) in [7, 11) is 13.5. The molecule has 4 heteroatoms. The summed E-state index contributed by atoms with van der Waals surface area (Å²) in [5.41, 5.74) is 0. The van der Waals surface area contributed by atoms with Crippen molar-refractivity contribution >= 4 is 23.2 Å². The van der Waals surface area contributed by atoms with Gasteiger partial charge in [0, 0.05) is 10.1 Å². The van der Waals surface area contributed by atoms with Crippen LogP contribution in [-0.4, -0.2) is 64.3 Å². The highest BCUT2D eigenvalue weighted by Crippen LogP contribution is 2.25. The van der Waals surface area contributed by atoms with Crippen LogP contribution in [0.2, 0.25) is 0 Å². The zero-order valence-electron chi connectivity index (χ0n) is 17.1. The molecule has 0 aliphatic heterocycles. The van der Waals surface area contributed by atoms with Crippen LogP contribution in [0.3, 0.4) is 0 Å². The van der Waals surface area contributed by atoms with Crippen molar-refractivity contribution in [1.29, 1.82) is 0 Å². The monoisotopic (exact) mass is 380 g/mol. The molecule has 0 fully saturated rings. The number of hydrogen-bond donors (Lipinski definition) is 0. The highest BCUT2D eigenvalue weighted by molar-refractivity contribution is 6.39. The van der Waals surface area contributed by atoms with Crippen molar-refractivity contribution in [3.8, 4) is 0 Å². The Hall–Kier alpha value is 0.240. The number of nitrogens with zero attached hydrogens (tertiary/aromatic N) is 2. The molecule has 0 spiro atoms. The standard InChI is InChI=1S/C20H42Cl2N2/c1-23(2,3)17-13-9-7-11-15-19(21)20(22)16-12-8-10-14-18-24(4,5)6/h7-18H2,1-6H3/q+2/b20-19-. The van der Waals surface area contributed by atoms with Gasteiger partial charge in [0.2, 0.25) is 0 Å². The SMILES string of the molecule is C[N+](C)(C)CCCCCC/C(Cl)=C(/Cl)CCCCCC[N+](C)(C)C. The molecule has 0 rings (SSSR count). The summed E-state index contributed by atoms with van der Waals surface area (Å²) in [6.07, 6.45) is 11.9. The third-order valence-electron chi connectivity index (χ3n) is 4.24. The zero-order valence-corrected chi connectivity index (χ0v) is 18.6. The molecule has 24 heavy (non-hydrogen) atoms. The van der Waals surface area contributed by atoms with Crippen LogP contribution < -0.4 is 0 Å². The Bertz CT molecular complexity index is 318. The van der Waals surface area contributed by atoms with Gasteiger partial charge in [-0.3, -0.25) is 0 Å². The molecule has 2 nitrogen and oxygen atoms in total. The van der Waals surface area contributed by atoms with Crippen LogP contribution >= 0.6 is 23.2 Å². The Balaban J connectivity index is 3.66. The van der Waals surface area contributed by atoms with Crippen LogP contribution in [0.15, 0.2) is 10.1 Å². The molecular formula is C20H42Cl2N2+2. The lowest BCUT2D eigenvalue weighted by Crippen LogP contribution is -2.35. The maximum absolute atomic E-state index is 6.36. The highest BCUT2D eigenvalue weighted by Gasteiger charge is 2.07. The van der Waals surface area contributed by atoms with E-state index in [0.29, 0.717) is 0 Å². The van der Waals surface area contributed by atoms with Gasteiger partial charge in [-0.2, -0.15) is 0 Å². The summed E-state index contributed by atoms with van der Waals surface area (Å²) in [6, 6.07) is 0. The molecule has 0 amide bonds. The van der Waals surface area contributed by atoms with Crippen molar-refractivity contribution in [3.05, 3.63) is 10.1 Å². The van der Waals surface area contributed by atoms with E-state index >= 15 is 0 Å². The molecule has 0 aromatic rings. The fourth-order valence-corrected chi connectivity index (χ4v) is 3.17. The first kappa shape index (κ1) is 24.2. The van der Waals surface area contributed by atoms with Crippen LogP contribution in [0, 0.1) is 0 Å². The number of halogens is 2. The molecule has 0 saturated heterocycles. The molecule has 144 valence electrons. The maximum Gasteiger partial charge on any atom is 0.0780 e. The summed E-state index contributed by atoms with van der Waals surface area (Å²) in [5, 5.41) is 1.80. The average Bonchev–Trinajstić information content (AvgIpc) is 2.43. The van der Waals surface area contributed by atoms with Crippen molar-refractivity contribution in [2.45, 2.75) is 64.2 Å². The van der Waals surface area contributed by atoms with Gasteiger partial charge >= 0.3 is 0 Å². The van der Waals surface area contributed by atoms with Crippen molar-refractivity contribution in [2.24, 2.45) is 0 Å². The maximum atomic E-state index is 6.36. The summed E-state index contributed by atoms with van der Waals surface area (Å²) < 4.78 is 2.11. The first-order chi connectivity index (χ1) is 11.0. The van der Waals surface area contributed by atoms with Crippen LogP contribution in [0.25, 0.3) is 0 Å². The number of hydrogen-bond acceptors (Lipinski definition) is 0. The summed E-state index contributed by atoms with van der Waals surface area (Å²) in [5.74, 6) is 0. The van der Waals surface area contributed by atoms with Crippen LogP contribution in [-0.2, 0) is 0 Å². The molecule has 0 heterocycles. The summed E-state index contributed by atoms with van der Waals surface area (Å²) >= 11 is 12.7. The van der Waals surface area contributed by atoms with E-state index in [-0.39, 0.29) is 0 Å². The first-order valence-corrected chi connectivity index (χ1v) is 10.4. The molecule has 0 radical (unpaired) electrons. The molecular weight excluding hydrogens is 339 g/mol. The van der Waals surface area contributed by atoms with E-state index in [2.05, 4.69) is 42.3 Å². The van der Waals surface area contributed by atoms with Gasteiger partial charge in [-0.05, 0) is 51.4 Å². The number of quaternary nitrogens is 2. The minimum atomic E-state index is 0.898. The number of allylic oxidation sites excluding steroid dienone is 2. The van der Waals surface area contributed by atoms with Crippen molar-refractivity contribution in [2.75, 3.05) is 55.4 Å². The quantitative estimate of drug-likeness (QED) is 0.256. The van der Waals surface area contributed by atoms with Gasteiger partial charge in [-0.25, -0.2) is 0 Å². The second-order valence-corrected chi connectivity index (χ2v) is 10.1. The average molecular weight is 381 g/mol. The number of unbranched alkanes of at least 4 members (excludes halogenated alkanes) is 6. The van der Waals surface area contributed by atoms with Gasteiger partial charge in [-0.1, -0.05) is 36.0 Å². The van der Waals surface area contributed by atoms with E-state index in [4.69, 9.17) is 23.2 Å². The smallest absolute Gasteiger partial charge is 0.0780 e. The van der Waals surface area contributed by atoms with E-state index in [1.54, 1.807) is 0 Å². The Labute approximate surface area is 162 Å². The Morgan fingerprint density at radius 1 is 0.500 bits per heavy atom. The summed E-state index contributed by atoms with van der Waals surface area (Å²) in [4.78, 5) is 0. The largest absolute Gasteiger partial charge is 0.331 e. The van der Waals surface area contributed by atoms with Gasteiger partial charge in [0.1, 0.15) is 0 Å². The molecule has 0 aromatic heterocycles. The van der Waals surface area contributed by atoms with Gasteiger partial charge in [0.05, 0.1) is 55.4 Å². The van der Waals surface area contributed by atoms with E-state index in [9.17, 15) is 0 Å². The van der Waals surface area contributed by atoms with E-state index < -0.39 is 0 Å². The minimum Gasteiger partial charge on any atom is -0.331 e.